The van der Waals surface area contributed by atoms with Crippen molar-refractivity contribution in [2.24, 2.45) is 5.92 Å². The van der Waals surface area contributed by atoms with E-state index in [0.29, 0.717) is 0 Å². The van der Waals surface area contributed by atoms with Crippen molar-refractivity contribution >= 4 is 17.6 Å². The lowest BCUT2D eigenvalue weighted by Crippen LogP contribution is -2.31. The molecule has 17 heavy (non-hydrogen) atoms. The first-order chi connectivity index (χ1) is 8.00. The van der Waals surface area contributed by atoms with E-state index in [0.717, 1.165) is 5.69 Å². The molecule has 1 heterocycles. The first-order valence-electron chi connectivity index (χ1n) is 5.06. The van der Waals surface area contributed by atoms with Crippen LogP contribution in [0.5, 0.6) is 0 Å². The molecule has 1 unspecified atom stereocenters. The predicted octanol–water partition coefficient (Wildman–Crippen LogP) is 0.693. The van der Waals surface area contributed by atoms with Gasteiger partial charge in [0.15, 0.2) is 0 Å². The summed E-state index contributed by atoms with van der Waals surface area (Å²) in [7, 11) is 1.70. The molecule has 0 radical (unpaired) electrons. The van der Waals surface area contributed by atoms with Crippen LogP contribution in [-0.4, -0.2) is 40.7 Å². The quantitative estimate of drug-likeness (QED) is 0.757. The van der Waals surface area contributed by atoms with Crippen LogP contribution in [-0.2, 0) is 9.59 Å². The van der Waals surface area contributed by atoms with E-state index in [1.54, 1.807) is 36.5 Å². The molecule has 6 nitrogen and oxygen atoms in total. The summed E-state index contributed by atoms with van der Waals surface area (Å²) in [6.07, 6.45) is 2.82. The number of aromatic nitrogens is 1. The minimum absolute atomic E-state index is 0.132. The van der Waals surface area contributed by atoms with Crippen LogP contribution < -0.4 is 4.90 Å². The molecule has 0 bridgehead atoms. The Labute approximate surface area is 98.5 Å². The topological polar surface area (TPSA) is 90.7 Å². The van der Waals surface area contributed by atoms with Crippen molar-refractivity contribution in [2.75, 3.05) is 18.5 Å². The van der Waals surface area contributed by atoms with E-state index in [2.05, 4.69) is 4.98 Å². The van der Waals surface area contributed by atoms with Gasteiger partial charge in [0, 0.05) is 19.8 Å². The number of rotatable bonds is 6. The smallest absolute Gasteiger partial charge is 0.308 e. The maximum Gasteiger partial charge on any atom is 0.308 e. The fraction of sp³-hybridized carbons (Fsp3) is 0.364. The molecular formula is C11H14N2O4. The molecule has 0 saturated heterocycles. The predicted molar refractivity (Wildman–Crippen MR) is 60.9 cm³/mol. The van der Waals surface area contributed by atoms with Crippen molar-refractivity contribution in [2.45, 2.75) is 6.42 Å². The lowest BCUT2D eigenvalue weighted by atomic mass is 10.1. The van der Waals surface area contributed by atoms with Gasteiger partial charge in [0.2, 0.25) is 0 Å². The van der Waals surface area contributed by atoms with Crippen LogP contribution in [0.1, 0.15) is 6.42 Å². The summed E-state index contributed by atoms with van der Waals surface area (Å²) in [5.74, 6) is -3.15. The summed E-state index contributed by atoms with van der Waals surface area (Å²) >= 11 is 0. The summed E-state index contributed by atoms with van der Waals surface area (Å²) in [6.45, 7) is 0.132. The molecule has 0 aliphatic rings. The Morgan fingerprint density at radius 2 is 2.18 bits per heavy atom. The molecule has 1 rings (SSSR count). The van der Waals surface area contributed by atoms with Gasteiger partial charge in [-0.25, -0.2) is 0 Å². The van der Waals surface area contributed by atoms with Gasteiger partial charge in [-0.15, -0.1) is 0 Å². The summed E-state index contributed by atoms with van der Waals surface area (Å²) in [4.78, 5) is 27.0. The second kappa shape index (κ2) is 5.83. The van der Waals surface area contributed by atoms with E-state index in [4.69, 9.17) is 10.2 Å². The molecule has 0 amide bonds. The van der Waals surface area contributed by atoms with Crippen molar-refractivity contribution in [3.63, 3.8) is 0 Å². The minimum atomic E-state index is -1.11. The molecule has 0 aromatic carbocycles. The van der Waals surface area contributed by atoms with Gasteiger partial charge >= 0.3 is 11.9 Å². The van der Waals surface area contributed by atoms with Crippen LogP contribution in [0.4, 0.5) is 5.69 Å². The highest BCUT2D eigenvalue weighted by Gasteiger charge is 2.22. The summed E-state index contributed by atoms with van der Waals surface area (Å²) in [6, 6.07) is 3.52. The standard InChI is InChI=1S/C11H14N2O4/c1-13(9-3-2-4-12-6-9)7-8(11(16)17)5-10(14)15/h2-4,6,8H,5,7H2,1H3,(H,14,15)(H,16,17). The Hall–Kier alpha value is -2.11. The number of hydrogen-bond acceptors (Lipinski definition) is 4. The molecule has 0 spiro atoms. The number of carbonyl (C=O) groups is 2. The number of pyridine rings is 1. The zero-order valence-electron chi connectivity index (χ0n) is 9.41. The highest BCUT2D eigenvalue weighted by atomic mass is 16.4. The third-order valence-electron chi connectivity index (χ3n) is 2.35. The number of carboxylic acid groups (broad SMARTS) is 2. The number of anilines is 1. The Kier molecular flexibility index (Phi) is 4.45. The summed E-state index contributed by atoms with van der Waals surface area (Å²) in [5, 5.41) is 17.5. The molecule has 0 saturated carbocycles. The number of carboxylic acids is 2. The fourth-order valence-corrected chi connectivity index (χ4v) is 1.46. The van der Waals surface area contributed by atoms with Crippen LogP contribution >= 0.6 is 0 Å². The largest absolute Gasteiger partial charge is 0.481 e. The molecule has 1 aromatic heterocycles. The lowest BCUT2D eigenvalue weighted by molar-refractivity contribution is -0.147. The van der Waals surface area contributed by atoms with Gasteiger partial charge in [-0.2, -0.15) is 0 Å². The molecule has 1 aromatic rings. The normalized spacial score (nSPS) is 11.8. The molecule has 2 N–H and O–H groups in total. The Balaban J connectivity index is 2.67. The molecular weight excluding hydrogens is 224 g/mol. The van der Waals surface area contributed by atoms with E-state index in [1.807, 2.05) is 0 Å². The highest BCUT2D eigenvalue weighted by Crippen LogP contribution is 2.13. The van der Waals surface area contributed by atoms with Crippen molar-refractivity contribution in [3.8, 4) is 0 Å². The molecule has 92 valence electrons. The molecule has 1 atom stereocenters. The third-order valence-corrected chi connectivity index (χ3v) is 2.35. The SMILES string of the molecule is CN(CC(CC(=O)O)C(=O)O)c1cccnc1. The average molecular weight is 238 g/mol. The third kappa shape index (κ3) is 4.10. The molecule has 6 heteroatoms. The van der Waals surface area contributed by atoms with E-state index in [9.17, 15) is 9.59 Å². The van der Waals surface area contributed by atoms with Crippen LogP contribution in [0.25, 0.3) is 0 Å². The van der Waals surface area contributed by atoms with E-state index < -0.39 is 17.9 Å². The van der Waals surface area contributed by atoms with Gasteiger partial charge in [-0.05, 0) is 12.1 Å². The van der Waals surface area contributed by atoms with Gasteiger partial charge in [0.1, 0.15) is 0 Å². The van der Waals surface area contributed by atoms with Gasteiger partial charge in [0.05, 0.1) is 24.2 Å². The fourth-order valence-electron chi connectivity index (χ4n) is 1.46. The second-order valence-corrected chi connectivity index (χ2v) is 3.72. The van der Waals surface area contributed by atoms with Crippen molar-refractivity contribution < 1.29 is 19.8 Å². The van der Waals surface area contributed by atoms with Gasteiger partial charge in [-0.3, -0.25) is 14.6 Å². The number of hydrogen-bond donors (Lipinski definition) is 2. The number of nitrogens with zero attached hydrogens (tertiary/aromatic N) is 2. The second-order valence-electron chi connectivity index (χ2n) is 3.72. The Bertz CT molecular complexity index is 394. The van der Waals surface area contributed by atoms with Gasteiger partial charge in [0.25, 0.3) is 0 Å². The summed E-state index contributed by atoms with van der Waals surface area (Å²) in [5.41, 5.74) is 0.754. The molecule has 0 aliphatic heterocycles. The zero-order chi connectivity index (χ0) is 12.8. The average Bonchev–Trinajstić information content (AvgIpc) is 2.28. The monoisotopic (exact) mass is 238 g/mol. The van der Waals surface area contributed by atoms with Crippen LogP contribution in [0.15, 0.2) is 24.5 Å². The first kappa shape index (κ1) is 13.0. The maximum atomic E-state index is 10.9. The molecule has 0 aliphatic carbocycles. The number of aliphatic carboxylic acids is 2. The lowest BCUT2D eigenvalue weighted by Gasteiger charge is -2.22. The van der Waals surface area contributed by atoms with Crippen LogP contribution in [0.2, 0.25) is 0 Å². The van der Waals surface area contributed by atoms with Crippen LogP contribution in [0.3, 0.4) is 0 Å². The Morgan fingerprint density at radius 1 is 1.47 bits per heavy atom. The van der Waals surface area contributed by atoms with Crippen molar-refractivity contribution in [3.05, 3.63) is 24.5 Å². The van der Waals surface area contributed by atoms with E-state index in [-0.39, 0.29) is 13.0 Å². The van der Waals surface area contributed by atoms with Crippen molar-refractivity contribution in [1.29, 1.82) is 0 Å². The zero-order valence-corrected chi connectivity index (χ0v) is 9.41. The van der Waals surface area contributed by atoms with Gasteiger partial charge < -0.3 is 15.1 Å². The van der Waals surface area contributed by atoms with Crippen molar-refractivity contribution in [1.82, 2.24) is 4.98 Å². The Morgan fingerprint density at radius 3 is 2.65 bits per heavy atom. The maximum absolute atomic E-state index is 10.9. The highest BCUT2D eigenvalue weighted by molar-refractivity contribution is 5.78. The van der Waals surface area contributed by atoms with E-state index >= 15 is 0 Å². The van der Waals surface area contributed by atoms with Gasteiger partial charge in [-0.1, -0.05) is 0 Å². The summed E-state index contributed by atoms with van der Waals surface area (Å²) < 4.78 is 0. The molecule has 0 fully saturated rings. The van der Waals surface area contributed by atoms with E-state index in [1.165, 1.54) is 0 Å². The minimum Gasteiger partial charge on any atom is -0.481 e. The van der Waals surface area contributed by atoms with Crippen LogP contribution in [0, 0.1) is 5.92 Å². The first-order valence-corrected chi connectivity index (χ1v) is 5.06.